The maximum Gasteiger partial charge on any atom is 0.274 e. The third kappa shape index (κ3) is 4.57. The van der Waals surface area contributed by atoms with E-state index >= 15 is 0 Å². The second-order valence-electron chi connectivity index (χ2n) is 8.47. The molecule has 0 aliphatic carbocycles. The van der Waals surface area contributed by atoms with Gasteiger partial charge in [0.25, 0.3) is 11.8 Å². The van der Waals surface area contributed by atoms with Gasteiger partial charge in [-0.3, -0.25) is 9.59 Å². The van der Waals surface area contributed by atoms with Crippen molar-refractivity contribution in [3.8, 4) is 5.75 Å². The third-order valence-corrected chi connectivity index (χ3v) is 5.77. The maximum atomic E-state index is 13.5. The molecule has 2 amide bonds. The number of hydrogen-bond acceptors (Lipinski definition) is 5. The molecular formula is C25H31N5O3. The van der Waals surface area contributed by atoms with Crippen molar-refractivity contribution in [2.75, 3.05) is 31.5 Å². The average Bonchev–Trinajstić information content (AvgIpc) is 3.09. The number of piperazine rings is 1. The van der Waals surface area contributed by atoms with Crippen LogP contribution in [0.1, 0.15) is 47.3 Å². The maximum absolute atomic E-state index is 13.5. The standard InChI is InChI=1S/C25H31N5O3/c1-5-19-20(28-24(31)17-9-7-6-8-10-17)15-18-22(33-16(2)3)21(29(4)23(18)27-19)25(32)30-13-11-26-12-14-30/h6-10,15-16,26H,5,11-14H2,1-4H3,(H,28,31). The van der Waals surface area contributed by atoms with Crippen LogP contribution in [-0.4, -0.2) is 58.5 Å². The van der Waals surface area contributed by atoms with Crippen LogP contribution in [0, 0.1) is 0 Å². The first-order chi connectivity index (χ1) is 15.9. The highest BCUT2D eigenvalue weighted by Crippen LogP contribution is 2.36. The third-order valence-electron chi connectivity index (χ3n) is 5.77. The molecule has 1 aliphatic rings. The number of hydrogen-bond donors (Lipinski definition) is 2. The van der Waals surface area contributed by atoms with Gasteiger partial charge in [-0.25, -0.2) is 4.98 Å². The Balaban J connectivity index is 1.81. The Morgan fingerprint density at radius 1 is 1.18 bits per heavy atom. The van der Waals surface area contributed by atoms with Crippen LogP contribution in [0.3, 0.4) is 0 Å². The first-order valence-corrected chi connectivity index (χ1v) is 11.5. The molecule has 0 saturated carbocycles. The summed E-state index contributed by atoms with van der Waals surface area (Å²) < 4.78 is 7.99. The van der Waals surface area contributed by atoms with Crippen LogP contribution >= 0.6 is 0 Å². The minimum atomic E-state index is -0.203. The first-order valence-electron chi connectivity index (χ1n) is 11.5. The molecule has 3 aromatic rings. The highest BCUT2D eigenvalue weighted by molar-refractivity contribution is 6.07. The molecule has 3 heterocycles. The summed E-state index contributed by atoms with van der Waals surface area (Å²) >= 11 is 0. The Morgan fingerprint density at radius 2 is 1.88 bits per heavy atom. The minimum Gasteiger partial charge on any atom is -0.488 e. The number of nitrogens with one attached hydrogen (secondary N) is 2. The SMILES string of the molecule is CCc1nc2c(cc1NC(=O)c1ccccc1)c(OC(C)C)c(C(=O)N1CCNCC1)n2C. The number of nitrogens with zero attached hydrogens (tertiary/aromatic N) is 3. The van der Waals surface area contributed by atoms with Crippen molar-refractivity contribution in [1.29, 1.82) is 0 Å². The fraction of sp³-hybridized carbons (Fsp3) is 0.400. The van der Waals surface area contributed by atoms with Gasteiger partial charge in [-0.1, -0.05) is 25.1 Å². The molecule has 0 atom stereocenters. The normalized spacial score (nSPS) is 14.0. The number of ether oxygens (including phenoxy) is 1. The zero-order chi connectivity index (χ0) is 23.5. The Labute approximate surface area is 193 Å². The lowest BCUT2D eigenvalue weighted by Crippen LogP contribution is -2.46. The molecule has 1 fully saturated rings. The van der Waals surface area contributed by atoms with Crippen LogP contribution in [-0.2, 0) is 13.5 Å². The predicted molar refractivity (Wildman–Crippen MR) is 129 cm³/mol. The zero-order valence-electron chi connectivity index (χ0n) is 19.6. The van der Waals surface area contributed by atoms with Gasteiger partial charge in [0.05, 0.1) is 22.9 Å². The van der Waals surface area contributed by atoms with E-state index in [1.807, 2.05) is 61.6 Å². The van der Waals surface area contributed by atoms with Crippen LogP contribution in [0.25, 0.3) is 11.0 Å². The lowest BCUT2D eigenvalue weighted by Gasteiger charge is -2.28. The smallest absolute Gasteiger partial charge is 0.274 e. The second-order valence-corrected chi connectivity index (χ2v) is 8.47. The molecule has 2 N–H and O–H groups in total. The summed E-state index contributed by atoms with van der Waals surface area (Å²) in [5, 5.41) is 6.99. The predicted octanol–water partition coefficient (Wildman–Crippen LogP) is 3.22. The zero-order valence-corrected chi connectivity index (χ0v) is 19.6. The molecule has 1 aromatic carbocycles. The van der Waals surface area contributed by atoms with Crippen LogP contribution in [0.5, 0.6) is 5.75 Å². The number of anilines is 1. The van der Waals surface area contributed by atoms with Crippen LogP contribution in [0.2, 0.25) is 0 Å². The van der Waals surface area contributed by atoms with Gasteiger partial charge in [-0.05, 0) is 38.5 Å². The molecule has 1 aliphatic heterocycles. The van der Waals surface area contributed by atoms with E-state index in [-0.39, 0.29) is 17.9 Å². The fourth-order valence-corrected chi connectivity index (χ4v) is 4.12. The summed E-state index contributed by atoms with van der Waals surface area (Å²) in [6, 6.07) is 11.0. The molecule has 8 heteroatoms. The molecule has 33 heavy (non-hydrogen) atoms. The van der Waals surface area contributed by atoms with Crippen molar-refractivity contribution in [3.05, 3.63) is 53.3 Å². The van der Waals surface area contributed by atoms with E-state index in [4.69, 9.17) is 9.72 Å². The van der Waals surface area contributed by atoms with E-state index in [2.05, 4.69) is 10.6 Å². The van der Waals surface area contributed by atoms with E-state index in [1.165, 1.54) is 0 Å². The molecule has 4 rings (SSSR count). The lowest BCUT2D eigenvalue weighted by molar-refractivity contribution is 0.0720. The van der Waals surface area contributed by atoms with Gasteiger partial charge in [0.2, 0.25) is 0 Å². The van der Waals surface area contributed by atoms with E-state index < -0.39 is 0 Å². The Bertz CT molecular complexity index is 1160. The number of aryl methyl sites for hydroxylation is 2. The van der Waals surface area contributed by atoms with Crippen molar-refractivity contribution in [1.82, 2.24) is 19.8 Å². The number of carbonyl (C=O) groups excluding carboxylic acids is 2. The van der Waals surface area contributed by atoms with Crippen molar-refractivity contribution in [2.45, 2.75) is 33.3 Å². The van der Waals surface area contributed by atoms with Gasteiger partial charge in [-0.15, -0.1) is 0 Å². The number of benzene rings is 1. The molecular weight excluding hydrogens is 418 g/mol. The molecule has 2 aromatic heterocycles. The highest BCUT2D eigenvalue weighted by Gasteiger charge is 2.29. The van der Waals surface area contributed by atoms with E-state index in [0.717, 1.165) is 18.8 Å². The molecule has 0 spiro atoms. The van der Waals surface area contributed by atoms with Gasteiger partial charge in [0.15, 0.2) is 11.4 Å². The van der Waals surface area contributed by atoms with Gasteiger partial charge in [0, 0.05) is 38.8 Å². The number of pyridine rings is 1. The average molecular weight is 450 g/mol. The van der Waals surface area contributed by atoms with E-state index in [9.17, 15) is 9.59 Å². The van der Waals surface area contributed by atoms with Gasteiger partial charge < -0.3 is 24.8 Å². The molecule has 0 bridgehead atoms. The quantitative estimate of drug-likeness (QED) is 0.603. The van der Waals surface area contributed by atoms with Crippen molar-refractivity contribution < 1.29 is 14.3 Å². The summed E-state index contributed by atoms with van der Waals surface area (Å²) in [7, 11) is 1.85. The molecule has 1 saturated heterocycles. The lowest BCUT2D eigenvalue weighted by atomic mass is 10.1. The second kappa shape index (κ2) is 9.62. The Hall–Kier alpha value is -3.39. The topological polar surface area (TPSA) is 88.5 Å². The highest BCUT2D eigenvalue weighted by atomic mass is 16.5. The van der Waals surface area contributed by atoms with Gasteiger partial charge >= 0.3 is 0 Å². The van der Waals surface area contributed by atoms with Crippen molar-refractivity contribution in [3.63, 3.8) is 0 Å². The summed E-state index contributed by atoms with van der Waals surface area (Å²) in [5.41, 5.74) is 3.10. The fourth-order valence-electron chi connectivity index (χ4n) is 4.12. The number of fused-ring (bicyclic) bond motifs is 1. The van der Waals surface area contributed by atoms with Gasteiger partial charge in [-0.2, -0.15) is 0 Å². The van der Waals surface area contributed by atoms with Crippen LogP contribution in [0.4, 0.5) is 5.69 Å². The molecule has 0 unspecified atom stereocenters. The minimum absolute atomic E-state index is 0.0689. The molecule has 8 nitrogen and oxygen atoms in total. The Kier molecular flexibility index (Phi) is 6.65. The summed E-state index contributed by atoms with van der Waals surface area (Å²) in [6.45, 7) is 8.69. The Morgan fingerprint density at radius 3 is 2.52 bits per heavy atom. The van der Waals surface area contributed by atoms with Crippen molar-refractivity contribution in [2.24, 2.45) is 7.05 Å². The number of aromatic nitrogens is 2. The summed E-state index contributed by atoms with van der Waals surface area (Å²) in [6.07, 6.45) is 0.505. The monoisotopic (exact) mass is 449 g/mol. The number of rotatable bonds is 6. The van der Waals surface area contributed by atoms with Crippen molar-refractivity contribution >= 4 is 28.5 Å². The van der Waals surface area contributed by atoms with E-state index in [1.54, 1.807) is 12.1 Å². The molecule has 0 radical (unpaired) electrons. The molecule has 174 valence electrons. The van der Waals surface area contributed by atoms with Crippen LogP contribution in [0.15, 0.2) is 36.4 Å². The largest absolute Gasteiger partial charge is 0.488 e. The van der Waals surface area contributed by atoms with E-state index in [0.29, 0.717) is 53.2 Å². The van der Waals surface area contributed by atoms with Crippen LogP contribution < -0.4 is 15.4 Å². The summed E-state index contributed by atoms with van der Waals surface area (Å²) in [5.74, 6) is 0.239. The number of amides is 2. The first kappa shape index (κ1) is 22.8. The summed E-state index contributed by atoms with van der Waals surface area (Å²) in [4.78, 5) is 33.0. The number of carbonyl (C=O) groups is 2. The van der Waals surface area contributed by atoms with Gasteiger partial charge in [0.1, 0.15) is 5.65 Å².